The number of rotatable bonds is 4. The molecule has 0 atom stereocenters. The second kappa shape index (κ2) is 11.0. The number of hydrogen-bond acceptors (Lipinski definition) is 1. The summed E-state index contributed by atoms with van der Waals surface area (Å²) in [6, 6.07) is 66.6. The minimum Gasteiger partial charge on any atom is -0.309 e. The largest absolute Gasteiger partial charge is 0.309 e. The number of benzene rings is 8. The first-order chi connectivity index (χ1) is 25.3. The van der Waals surface area contributed by atoms with Crippen molar-refractivity contribution < 1.29 is 0 Å². The zero-order chi connectivity index (χ0) is 33.5. The maximum absolute atomic E-state index is 2.43. The van der Waals surface area contributed by atoms with Crippen molar-refractivity contribution in [2.75, 3.05) is 0 Å². The van der Waals surface area contributed by atoms with Crippen molar-refractivity contribution in [1.82, 2.24) is 9.13 Å². The number of para-hydroxylation sites is 3. The monoisotopic (exact) mass is 666 g/mol. The van der Waals surface area contributed by atoms with Gasteiger partial charge < -0.3 is 9.13 Å². The van der Waals surface area contributed by atoms with Crippen LogP contribution in [0.15, 0.2) is 182 Å². The predicted molar refractivity (Wildman–Crippen MR) is 219 cm³/mol. The van der Waals surface area contributed by atoms with Crippen LogP contribution in [-0.4, -0.2) is 9.13 Å². The summed E-state index contributed by atoms with van der Waals surface area (Å²) in [6.45, 7) is 0. The topological polar surface area (TPSA) is 9.86 Å². The SMILES string of the molecule is c1ccc(-n2c3ccccc3c3ccc(-c4cccc5c4c4ccccc4n5-c4ccc(-c5cccc6sc7ccccc7c56)cc4)cc32)cc1. The molecule has 2 nitrogen and oxygen atoms in total. The van der Waals surface area contributed by atoms with Gasteiger partial charge >= 0.3 is 0 Å². The number of nitrogens with zero attached hydrogens (tertiary/aromatic N) is 2. The van der Waals surface area contributed by atoms with Gasteiger partial charge in [-0.3, -0.25) is 0 Å². The Morgan fingerprint density at radius 1 is 0.314 bits per heavy atom. The van der Waals surface area contributed by atoms with E-state index in [-0.39, 0.29) is 0 Å². The van der Waals surface area contributed by atoms with Gasteiger partial charge in [0.25, 0.3) is 0 Å². The van der Waals surface area contributed by atoms with E-state index in [2.05, 4.69) is 191 Å². The van der Waals surface area contributed by atoms with Gasteiger partial charge in [0.05, 0.1) is 22.1 Å². The molecule has 0 N–H and O–H groups in total. The normalized spacial score (nSPS) is 11.9. The van der Waals surface area contributed by atoms with Crippen LogP contribution in [0.3, 0.4) is 0 Å². The van der Waals surface area contributed by atoms with Crippen molar-refractivity contribution in [3.05, 3.63) is 182 Å². The van der Waals surface area contributed by atoms with E-state index in [4.69, 9.17) is 0 Å². The van der Waals surface area contributed by atoms with Crippen molar-refractivity contribution in [1.29, 1.82) is 0 Å². The molecule has 8 aromatic carbocycles. The first-order valence-corrected chi connectivity index (χ1v) is 18.3. The molecular weight excluding hydrogens is 637 g/mol. The molecule has 0 amide bonds. The first-order valence-electron chi connectivity index (χ1n) is 17.4. The van der Waals surface area contributed by atoms with Gasteiger partial charge in [-0.25, -0.2) is 0 Å². The van der Waals surface area contributed by atoms with Gasteiger partial charge in [-0.2, -0.15) is 0 Å². The average molecular weight is 667 g/mol. The Kier molecular flexibility index (Phi) is 6.16. The summed E-state index contributed by atoms with van der Waals surface area (Å²) >= 11 is 1.87. The average Bonchev–Trinajstić information content (AvgIpc) is 3.86. The van der Waals surface area contributed by atoms with Gasteiger partial charge in [0, 0.05) is 53.1 Å². The van der Waals surface area contributed by atoms with Crippen LogP contribution in [0.4, 0.5) is 0 Å². The maximum atomic E-state index is 2.43. The summed E-state index contributed by atoms with van der Waals surface area (Å²) in [7, 11) is 0. The summed E-state index contributed by atoms with van der Waals surface area (Å²) in [4.78, 5) is 0. The summed E-state index contributed by atoms with van der Waals surface area (Å²) in [5.41, 5.74) is 12.1. The molecule has 238 valence electrons. The van der Waals surface area contributed by atoms with Crippen LogP contribution in [0, 0.1) is 0 Å². The smallest absolute Gasteiger partial charge is 0.0547 e. The third-order valence-corrected chi connectivity index (χ3v) is 11.7. The zero-order valence-electron chi connectivity index (χ0n) is 27.6. The Balaban J connectivity index is 1.10. The van der Waals surface area contributed by atoms with E-state index in [0.717, 1.165) is 5.69 Å². The number of fused-ring (bicyclic) bond motifs is 9. The van der Waals surface area contributed by atoms with Crippen LogP contribution in [0.25, 0.3) is 97.4 Å². The highest BCUT2D eigenvalue weighted by Gasteiger charge is 2.19. The molecule has 0 fully saturated rings. The molecule has 0 spiro atoms. The fraction of sp³-hybridized carbons (Fsp3) is 0. The fourth-order valence-electron chi connectivity index (χ4n) is 8.34. The highest BCUT2D eigenvalue weighted by Crippen LogP contribution is 2.43. The Morgan fingerprint density at radius 2 is 0.863 bits per heavy atom. The van der Waals surface area contributed by atoms with Crippen molar-refractivity contribution in [3.63, 3.8) is 0 Å². The molecule has 0 saturated heterocycles. The second-order valence-electron chi connectivity index (χ2n) is 13.3. The van der Waals surface area contributed by atoms with E-state index in [1.807, 2.05) is 11.3 Å². The molecule has 0 aliphatic carbocycles. The molecule has 11 rings (SSSR count). The predicted octanol–water partition coefficient (Wildman–Crippen LogP) is 13.6. The molecule has 0 saturated carbocycles. The van der Waals surface area contributed by atoms with Gasteiger partial charge in [0.1, 0.15) is 0 Å². The second-order valence-corrected chi connectivity index (χ2v) is 14.4. The first kappa shape index (κ1) is 28.4. The lowest BCUT2D eigenvalue weighted by molar-refractivity contribution is 1.18. The van der Waals surface area contributed by atoms with Crippen molar-refractivity contribution in [2.45, 2.75) is 0 Å². The van der Waals surface area contributed by atoms with E-state index in [1.165, 1.54) is 91.7 Å². The third kappa shape index (κ3) is 4.22. The van der Waals surface area contributed by atoms with Crippen LogP contribution in [0.5, 0.6) is 0 Å². The van der Waals surface area contributed by atoms with Gasteiger partial charge in [-0.15, -0.1) is 11.3 Å². The van der Waals surface area contributed by atoms with E-state index in [9.17, 15) is 0 Å². The quantitative estimate of drug-likeness (QED) is 0.177. The van der Waals surface area contributed by atoms with Crippen molar-refractivity contribution >= 4 is 75.1 Å². The summed E-state index contributed by atoms with van der Waals surface area (Å²) < 4.78 is 7.49. The van der Waals surface area contributed by atoms with Crippen molar-refractivity contribution in [3.8, 4) is 33.6 Å². The lowest BCUT2D eigenvalue weighted by Gasteiger charge is -2.11. The molecule has 3 heteroatoms. The lowest BCUT2D eigenvalue weighted by Crippen LogP contribution is -1.94. The highest BCUT2D eigenvalue weighted by atomic mass is 32.1. The highest BCUT2D eigenvalue weighted by molar-refractivity contribution is 7.25. The summed E-state index contributed by atoms with van der Waals surface area (Å²) in [6.07, 6.45) is 0. The molecule has 3 heterocycles. The van der Waals surface area contributed by atoms with E-state index >= 15 is 0 Å². The molecule has 0 unspecified atom stereocenters. The number of hydrogen-bond donors (Lipinski definition) is 0. The molecule has 0 aliphatic heterocycles. The van der Waals surface area contributed by atoms with Crippen LogP contribution < -0.4 is 0 Å². The van der Waals surface area contributed by atoms with Crippen LogP contribution >= 0.6 is 11.3 Å². The fourth-order valence-corrected chi connectivity index (χ4v) is 9.47. The standard InChI is InChI=1S/C48H30N2S/c1-2-12-33(13-3-1)50-41-19-7-4-14-37(41)38-29-26-32(30-44(38)50)36-17-10-21-43-47(36)39-15-5-8-20-42(39)49(43)34-27-24-31(25-28-34)35-18-11-23-46-48(35)40-16-6-9-22-45(40)51-46/h1-30H. The molecule has 0 radical (unpaired) electrons. The Hall–Kier alpha value is -6.42. The van der Waals surface area contributed by atoms with Gasteiger partial charge in [0.15, 0.2) is 0 Å². The van der Waals surface area contributed by atoms with E-state index in [0.29, 0.717) is 0 Å². The Bertz CT molecular complexity index is 3120. The molecule has 3 aromatic heterocycles. The number of aromatic nitrogens is 2. The molecule has 11 aromatic rings. The number of thiophene rings is 1. The molecule has 0 aliphatic rings. The van der Waals surface area contributed by atoms with E-state index in [1.54, 1.807) is 0 Å². The molecule has 51 heavy (non-hydrogen) atoms. The van der Waals surface area contributed by atoms with Crippen LogP contribution in [0.2, 0.25) is 0 Å². The zero-order valence-corrected chi connectivity index (χ0v) is 28.4. The van der Waals surface area contributed by atoms with Crippen molar-refractivity contribution in [2.24, 2.45) is 0 Å². The lowest BCUT2D eigenvalue weighted by atomic mass is 9.98. The Morgan fingerprint density at radius 3 is 1.69 bits per heavy atom. The summed E-state index contributed by atoms with van der Waals surface area (Å²) in [5.74, 6) is 0. The van der Waals surface area contributed by atoms with Gasteiger partial charge in [-0.1, -0.05) is 121 Å². The third-order valence-electron chi connectivity index (χ3n) is 10.5. The maximum Gasteiger partial charge on any atom is 0.0547 e. The molecule has 0 bridgehead atoms. The summed E-state index contributed by atoms with van der Waals surface area (Å²) in [5, 5.41) is 7.73. The minimum atomic E-state index is 1.16. The van der Waals surface area contributed by atoms with Gasteiger partial charge in [0.2, 0.25) is 0 Å². The Labute approximate surface area is 298 Å². The minimum absolute atomic E-state index is 1.16. The van der Waals surface area contributed by atoms with E-state index < -0.39 is 0 Å². The van der Waals surface area contributed by atoms with Crippen LogP contribution in [0.1, 0.15) is 0 Å². The molecular formula is C48H30N2S. The van der Waals surface area contributed by atoms with Crippen LogP contribution in [-0.2, 0) is 0 Å². The van der Waals surface area contributed by atoms with Gasteiger partial charge in [-0.05, 0) is 82.9 Å².